The lowest BCUT2D eigenvalue weighted by Crippen LogP contribution is -2.40. The van der Waals surface area contributed by atoms with Crippen molar-refractivity contribution in [2.24, 2.45) is 7.05 Å². The summed E-state index contributed by atoms with van der Waals surface area (Å²) < 4.78 is 7.29. The highest BCUT2D eigenvalue weighted by Crippen LogP contribution is 2.27. The fourth-order valence-electron chi connectivity index (χ4n) is 3.40. The van der Waals surface area contributed by atoms with Crippen molar-refractivity contribution >= 4 is 11.7 Å². The number of aromatic nitrogens is 3. The third-order valence-corrected chi connectivity index (χ3v) is 4.92. The molecule has 1 aromatic heterocycles. The van der Waals surface area contributed by atoms with Crippen LogP contribution in [0.15, 0.2) is 24.3 Å². The molecule has 27 heavy (non-hydrogen) atoms. The van der Waals surface area contributed by atoms with E-state index in [-0.39, 0.29) is 6.03 Å². The van der Waals surface area contributed by atoms with Gasteiger partial charge in [0.05, 0.1) is 13.7 Å². The number of rotatable bonds is 5. The van der Waals surface area contributed by atoms with E-state index in [0.717, 1.165) is 42.5 Å². The Bertz CT molecular complexity index is 780. The van der Waals surface area contributed by atoms with Gasteiger partial charge in [-0.2, -0.15) is 0 Å². The predicted octanol–water partition coefficient (Wildman–Crippen LogP) is 2.30. The summed E-state index contributed by atoms with van der Waals surface area (Å²) in [5.74, 6) is 3.04. The molecule has 0 spiro atoms. The van der Waals surface area contributed by atoms with Crippen LogP contribution in [0.5, 0.6) is 5.75 Å². The van der Waals surface area contributed by atoms with Gasteiger partial charge < -0.3 is 24.4 Å². The van der Waals surface area contributed by atoms with Crippen LogP contribution < -0.4 is 10.1 Å². The Kier molecular flexibility index (Phi) is 5.95. The molecule has 8 nitrogen and oxygen atoms in total. The number of urea groups is 1. The van der Waals surface area contributed by atoms with E-state index in [0.29, 0.717) is 19.0 Å². The molecule has 1 fully saturated rings. The van der Waals surface area contributed by atoms with Crippen molar-refractivity contribution in [2.75, 3.05) is 39.6 Å². The zero-order valence-corrected chi connectivity index (χ0v) is 16.5. The summed E-state index contributed by atoms with van der Waals surface area (Å²) >= 11 is 0. The molecule has 1 N–H and O–H groups in total. The monoisotopic (exact) mass is 372 g/mol. The van der Waals surface area contributed by atoms with Crippen LogP contribution in [-0.2, 0) is 13.6 Å². The largest absolute Gasteiger partial charge is 0.497 e. The van der Waals surface area contributed by atoms with E-state index >= 15 is 0 Å². The molecule has 0 atom stereocenters. The van der Waals surface area contributed by atoms with Gasteiger partial charge in [0.15, 0.2) is 0 Å². The Morgan fingerprint density at radius 1 is 1.30 bits per heavy atom. The van der Waals surface area contributed by atoms with Gasteiger partial charge in [-0.15, -0.1) is 10.2 Å². The van der Waals surface area contributed by atoms with Crippen molar-refractivity contribution in [3.05, 3.63) is 35.9 Å². The Morgan fingerprint density at radius 2 is 2.04 bits per heavy atom. The molecule has 1 aromatic carbocycles. The van der Waals surface area contributed by atoms with E-state index < -0.39 is 0 Å². The number of ether oxygens (including phenoxy) is 1. The zero-order chi connectivity index (χ0) is 19.4. The molecule has 2 amide bonds. The first kappa shape index (κ1) is 19.2. The second-order valence-electron chi connectivity index (χ2n) is 7.19. The number of nitrogens with one attached hydrogen (secondary N) is 1. The van der Waals surface area contributed by atoms with Crippen molar-refractivity contribution in [1.29, 1.82) is 0 Å². The third kappa shape index (κ3) is 4.57. The average molecular weight is 372 g/mol. The number of hydrogen-bond acceptors (Lipinski definition) is 5. The smallest absolute Gasteiger partial charge is 0.321 e. The molecule has 8 heteroatoms. The minimum atomic E-state index is -0.0760. The summed E-state index contributed by atoms with van der Waals surface area (Å²) in [6.07, 6.45) is 1.78. The average Bonchev–Trinajstić information content (AvgIpc) is 3.02. The lowest BCUT2D eigenvalue weighted by molar-refractivity contribution is 0.193. The van der Waals surface area contributed by atoms with E-state index in [2.05, 4.69) is 25.0 Å². The van der Waals surface area contributed by atoms with Crippen molar-refractivity contribution in [2.45, 2.75) is 25.3 Å². The number of carbonyl (C=O) groups excluding carboxylic acids is 1. The minimum absolute atomic E-state index is 0.0760. The van der Waals surface area contributed by atoms with Gasteiger partial charge in [0.25, 0.3) is 0 Å². The van der Waals surface area contributed by atoms with Crippen LogP contribution in [0.2, 0.25) is 0 Å². The second-order valence-corrected chi connectivity index (χ2v) is 7.19. The molecular weight excluding hydrogens is 344 g/mol. The molecule has 146 valence electrons. The predicted molar refractivity (Wildman–Crippen MR) is 104 cm³/mol. The summed E-state index contributed by atoms with van der Waals surface area (Å²) in [6.45, 7) is 2.18. The number of nitrogens with zero attached hydrogens (tertiary/aromatic N) is 5. The highest BCUT2D eigenvalue weighted by Gasteiger charge is 2.27. The molecule has 0 aliphatic carbocycles. The Morgan fingerprint density at radius 3 is 2.70 bits per heavy atom. The van der Waals surface area contributed by atoms with Crippen molar-refractivity contribution < 1.29 is 9.53 Å². The Balaban J connectivity index is 1.57. The summed E-state index contributed by atoms with van der Waals surface area (Å²) in [7, 11) is 7.68. The van der Waals surface area contributed by atoms with Crippen molar-refractivity contribution in [3.63, 3.8) is 0 Å². The van der Waals surface area contributed by atoms with Crippen LogP contribution in [0.1, 0.15) is 30.4 Å². The molecule has 1 aliphatic rings. The van der Waals surface area contributed by atoms with Crippen LogP contribution in [0, 0.1) is 0 Å². The number of methoxy groups -OCH3 is 1. The molecule has 1 saturated heterocycles. The third-order valence-electron chi connectivity index (χ3n) is 4.92. The number of anilines is 1. The van der Waals surface area contributed by atoms with Crippen LogP contribution in [-0.4, -0.2) is 64.9 Å². The van der Waals surface area contributed by atoms with Crippen LogP contribution in [0.3, 0.4) is 0 Å². The van der Waals surface area contributed by atoms with Gasteiger partial charge in [-0.25, -0.2) is 4.79 Å². The Hall–Kier alpha value is -2.61. The fourth-order valence-corrected chi connectivity index (χ4v) is 3.40. The van der Waals surface area contributed by atoms with Gasteiger partial charge in [-0.05, 0) is 39.1 Å². The lowest BCUT2D eigenvalue weighted by Gasteiger charge is -2.31. The van der Waals surface area contributed by atoms with E-state index in [1.165, 1.54) is 0 Å². The van der Waals surface area contributed by atoms with Gasteiger partial charge in [0.2, 0.25) is 0 Å². The normalized spacial score (nSPS) is 15.2. The molecule has 2 heterocycles. The summed E-state index contributed by atoms with van der Waals surface area (Å²) in [5.41, 5.74) is 0.739. The first-order chi connectivity index (χ1) is 13.0. The van der Waals surface area contributed by atoms with E-state index in [4.69, 9.17) is 4.74 Å². The van der Waals surface area contributed by atoms with E-state index in [1.807, 2.05) is 50.3 Å². The highest BCUT2D eigenvalue weighted by atomic mass is 16.5. The molecule has 2 aromatic rings. The highest BCUT2D eigenvalue weighted by molar-refractivity contribution is 5.89. The van der Waals surface area contributed by atoms with Gasteiger partial charge in [-0.1, -0.05) is 6.07 Å². The number of amides is 2. The second kappa shape index (κ2) is 8.39. The SMILES string of the molecule is COc1cccc(NC(=O)N2CCC(c3nnc(CN(C)C)n3C)CC2)c1. The molecule has 0 unspecified atom stereocenters. The van der Waals surface area contributed by atoms with Gasteiger partial charge in [0, 0.05) is 37.8 Å². The first-order valence-corrected chi connectivity index (χ1v) is 9.20. The number of likely N-dealkylation sites (tertiary alicyclic amines) is 1. The number of carbonyl (C=O) groups is 1. The van der Waals surface area contributed by atoms with E-state index in [1.54, 1.807) is 7.11 Å². The molecule has 0 radical (unpaired) electrons. The van der Waals surface area contributed by atoms with Gasteiger partial charge >= 0.3 is 6.03 Å². The van der Waals surface area contributed by atoms with Crippen LogP contribution >= 0.6 is 0 Å². The zero-order valence-electron chi connectivity index (χ0n) is 16.5. The number of hydrogen-bond donors (Lipinski definition) is 1. The summed E-state index contributed by atoms with van der Waals surface area (Å²) in [5, 5.41) is 11.7. The maximum absolute atomic E-state index is 12.5. The maximum atomic E-state index is 12.5. The number of benzene rings is 1. The van der Waals surface area contributed by atoms with Crippen LogP contribution in [0.25, 0.3) is 0 Å². The van der Waals surface area contributed by atoms with Gasteiger partial charge in [0.1, 0.15) is 17.4 Å². The van der Waals surface area contributed by atoms with Gasteiger partial charge in [-0.3, -0.25) is 0 Å². The molecule has 0 saturated carbocycles. The minimum Gasteiger partial charge on any atom is -0.497 e. The lowest BCUT2D eigenvalue weighted by atomic mass is 9.96. The van der Waals surface area contributed by atoms with Crippen LogP contribution in [0.4, 0.5) is 10.5 Å². The quantitative estimate of drug-likeness (QED) is 0.872. The Labute approximate surface area is 160 Å². The number of piperidine rings is 1. The van der Waals surface area contributed by atoms with E-state index in [9.17, 15) is 4.79 Å². The maximum Gasteiger partial charge on any atom is 0.321 e. The summed E-state index contributed by atoms with van der Waals surface area (Å²) in [4.78, 5) is 16.5. The summed E-state index contributed by atoms with van der Waals surface area (Å²) in [6, 6.07) is 7.32. The first-order valence-electron chi connectivity index (χ1n) is 9.20. The molecule has 3 rings (SSSR count). The fraction of sp³-hybridized carbons (Fsp3) is 0.526. The van der Waals surface area contributed by atoms with Crippen molar-refractivity contribution in [3.8, 4) is 5.75 Å². The topological polar surface area (TPSA) is 75.5 Å². The van der Waals surface area contributed by atoms with Crippen molar-refractivity contribution in [1.82, 2.24) is 24.6 Å². The molecule has 1 aliphatic heterocycles. The molecule has 0 bridgehead atoms. The molecular formula is C19H28N6O2. The standard InChI is InChI=1S/C19H28N6O2/c1-23(2)13-17-21-22-18(24(17)3)14-8-10-25(11-9-14)19(26)20-15-6-5-7-16(12-15)27-4/h5-7,12,14H,8-11,13H2,1-4H3,(H,20,26).